The first-order valence-corrected chi connectivity index (χ1v) is 10.7. The minimum atomic E-state index is -0.859. The fourth-order valence-electron chi connectivity index (χ4n) is 3.38. The van der Waals surface area contributed by atoms with Gasteiger partial charge in [0, 0.05) is 13.2 Å². The Labute approximate surface area is 138 Å². The summed E-state index contributed by atoms with van der Waals surface area (Å²) in [5, 5.41) is 1.46. The van der Waals surface area contributed by atoms with Crippen LogP contribution in [0, 0.1) is 5.92 Å². The van der Waals surface area contributed by atoms with E-state index < -0.39 is 9.04 Å². The third-order valence-corrected chi connectivity index (χ3v) is 7.35. The van der Waals surface area contributed by atoms with Crippen LogP contribution in [0.25, 0.3) is 0 Å². The van der Waals surface area contributed by atoms with Gasteiger partial charge in [0.2, 0.25) is 9.04 Å². The molecule has 1 aliphatic carbocycles. The molecule has 2 nitrogen and oxygen atoms in total. The van der Waals surface area contributed by atoms with E-state index in [-0.39, 0.29) is 0 Å². The van der Waals surface area contributed by atoms with Gasteiger partial charge in [-0.15, -0.1) is 0 Å². The summed E-state index contributed by atoms with van der Waals surface area (Å²) in [6.45, 7) is 8.66. The van der Waals surface area contributed by atoms with Gasteiger partial charge in [-0.05, 0) is 30.2 Å². The molecule has 0 amide bonds. The van der Waals surface area contributed by atoms with Crippen LogP contribution in [0.1, 0.15) is 46.0 Å². The number of nitrogens with zero attached hydrogens (tertiary/aromatic N) is 1. The smallest absolute Gasteiger partial charge is 0.247 e. The van der Waals surface area contributed by atoms with Crippen molar-refractivity contribution in [2.24, 2.45) is 5.92 Å². The number of benzene rings is 1. The van der Waals surface area contributed by atoms with Gasteiger partial charge in [0.1, 0.15) is 0 Å². The summed E-state index contributed by atoms with van der Waals surface area (Å²) in [6, 6.07) is 12.3. The highest BCUT2D eigenvalue weighted by Crippen LogP contribution is 2.28. The van der Waals surface area contributed by atoms with Gasteiger partial charge < -0.3 is 9.33 Å². The van der Waals surface area contributed by atoms with Gasteiger partial charge in [-0.1, -0.05) is 76.3 Å². The second-order valence-corrected chi connectivity index (χ2v) is 8.49. The van der Waals surface area contributed by atoms with Crippen molar-refractivity contribution in [3.63, 3.8) is 0 Å². The molecule has 1 radical (unpaired) electrons. The zero-order valence-electron chi connectivity index (χ0n) is 14.4. The topological polar surface area (TPSA) is 12.5 Å². The molecule has 1 aromatic rings. The molecule has 22 heavy (non-hydrogen) atoms. The maximum atomic E-state index is 6.43. The minimum Gasteiger partial charge on any atom is -0.410 e. The van der Waals surface area contributed by atoms with E-state index in [1.165, 1.54) is 43.3 Å². The molecule has 0 saturated heterocycles. The number of hydrogen-bond acceptors (Lipinski definition) is 2. The van der Waals surface area contributed by atoms with Crippen molar-refractivity contribution in [1.82, 2.24) is 4.90 Å². The lowest BCUT2D eigenvalue weighted by atomic mass is 9.91. The second-order valence-electron chi connectivity index (χ2n) is 6.37. The van der Waals surface area contributed by atoms with Gasteiger partial charge in [-0.2, -0.15) is 0 Å². The zero-order valence-corrected chi connectivity index (χ0v) is 15.4. The molecule has 0 heterocycles. The molecule has 0 aliphatic heterocycles. The van der Waals surface area contributed by atoms with Gasteiger partial charge in [0.15, 0.2) is 0 Å². The van der Waals surface area contributed by atoms with Crippen molar-refractivity contribution in [2.45, 2.75) is 52.0 Å². The van der Waals surface area contributed by atoms with E-state index >= 15 is 0 Å². The maximum Gasteiger partial charge on any atom is 0.247 e. The van der Waals surface area contributed by atoms with E-state index in [1.54, 1.807) is 0 Å². The molecule has 1 aliphatic rings. The van der Waals surface area contributed by atoms with Crippen molar-refractivity contribution in [3.8, 4) is 0 Å². The highest BCUT2D eigenvalue weighted by atomic mass is 28.3. The molecule has 0 bridgehead atoms. The van der Waals surface area contributed by atoms with E-state index in [9.17, 15) is 0 Å². The minimum absolute atomic E-state index is 0.859. The quantitative estimate of drug-likeness (QED) is 0.642. The van der Waals surface area contributed by atoms with Crippen LogP contribution in [0.15, 0.2) is 30.3 Å². The number of rotatable bonds is 9. The molecule has 1 fully saturated rings. The van der Waals surface area contributed by atoms with Crippen LogP contribution in [0.5, 0.6) is 0 Å². The second kappa shape index (κ2) is 10.2. The first-order valence-electron chi connectivity index (χ1n) is 9.09. The largest absolute Gasteiger partial charge is 0.410 e. The molecule has 0 spiro atoms. The van der Waals surface area contributed by atoms with Gasteiger partial charge >= 0.3 is 0 Å². The summed E-state index contributed by atoms with van der Waals surface area (Å²) >= 11 is 0. The van der Waals surface area contributed by atoms with E-state index in [4.69, 9.17) is 4.43 Å². The summed E-state index contributed by atoms with van der Waals surface area (Å²) in [4.78, 5) is 2.45. The van der Waals surface area contributed by atoms with E-state index in [2.05, 4.69) is 49.1 Å². The first kappa shape index (κ1) is 17.7. The van der Waals surface area contributed by atoms with Gasteiger partial charge in [-0.3, -0.25) is 0 Å². The molecular weight excluding hydrogens is 286 g/mol. The third-order valence-electron chi connectivity index (χ3n) is 4.87. The lowest BCUT2D eigenvalue weighted by Gasteiger charge is -2.26. The van der Waals surface area contributed by atoms with Crippen LogP contribution >= 0.6 is 0 Å². The highest BCUT2D eigenvalue weighted by molar-refractivity contribution is 6.67. The van der Waals surface area contributed by atoms with Crippen molar-refractivity contribution in [1.29, 1.82) is 0 Å². The van der Waals surface area contributed by atoms with Gasteiger partial charge in [-0.25, -0.2) is 0 Å². The average molecular weight is 319 g/mol. The van der Waals surface area contributed by atoms with Crippen molar-refractivity contribution < 1.29 is 4.43 Å². The molecule has 0 unspecified atom stereocenters. The van der Waals surface area contributed by atoms with E-state index in [0.717, 1.165) is 32.2 Å². The summed E-state index contributed by atoms with van der Waals surface area (Å²) in [7, 11) is -0.859. The van der Waals surface area contributed by atoms with Crippen LogP contribution in [-0.4, -0.2) is 40.2 Å². The van der Waals surface area contributed by atoms with E-state index in [0.29, 0.717) is 0 Å². The lowest BCUT2D eigenvalue weighted by Crippen LogP contribution is -2.38. The summed E-state index contributed by atoms with van der Waals surface area (Å²) in [5.74, 6) is 0.899. The molecule has 123 valence electrons. The van der Waals surface area contributed by atoms with Crippen molar-refractivity contribution >= 4 is 14.2 Å². The molecule has 0 atom stereocenters. The van der Waals surface area contributed by atoms with Gasteiger partial charge in [0.25, 0.3) is 0 Å². The Morgan fingerprint density at radius 3 is 2.36 bits per heavy atom. The molecule has 1 saturated carbocycles. The van der Waals surface area contributed by atoms with Crippen LogP contribution in [0.4, 0.5) is 0 Å². The van der Waals surface area contributed by atoms with Crippen molar-refractivity contribution in [3.05, 3.63) is 30.3 Å². The first-order chi connectivity index (χ1) is 10.8. The number of hydrogen-bond donors (Lipinski definition) is 0. The monoisotopic (exact) mass is 318 g/mol. The van der Waals surface area contributed by atoms with Crippen LogP contribution in [-0.2, 0) is 4.43 Å². The zero-order chi connectivity index (χ0) is 15.6. The van der Waals surface area contributed by atoms with Gasteiger partial charge in [0.05, 0.1) is 0 Å². The molecular formula is C19H32NOSi. The van der Waals surface area contributed by atoms with Crippen LogP contribution in [0.2, 0.25) is 6.04 Å². The Morgan fingerprint density at radius 1 is 1.05 bits per heavy atom. The highest BCUT2D eigenvalue weighted by Gasteiger charge is 2.23. The molecule has 0 N–H and O–H groups in total. The fourth-order valence-corrected chi connectivity index (χ4v) is 5.73. The SMILES string of the molecule is CCN(CC)CCO[Si](CC1CCCCC1)c1ccccc1. The molecule has 3 heteroatoms. The Bertz CT molecular complexity index is 388. The maximum absolute atomic E-state index is 6.43. The lowest BCUT2D eigenvalue weighted by molar-refractivity contribution is 0.222. The summed E-state index contributed by atoms with van der Waals surface area (Å²) in [6.07, 6.45) is 7.12. The van der Waals surface area contributed by atoms with Crippen molar-refractivity contribution in [2.75, 3.05) is 26.2 Å². The average Bonchev–Trinajstić information content (AvgIpc) is 2.59. The normalized spacial score (nSPS) is 16.5. The molecule has 1 aromatic carbocycles. The van der Waals surface area contributed by atoms with Crippen LogP contribution < -0.4 is 5.19 Å². The fraction of sp³-hybridized carbons (Fsp3) is 0.684. The predicted molar refractivity (Wildman–Crippen MR) is 97.0 cm³/mol. The molecule has 2 rings (SSSR count). The predicted octanol–water partition coefficient (Wildman–Crippen LogP) is 3.82. The standard InChI is InChI=1S/C19H32NOSi/c1-3-20(4-2)15-16-21-22(19-13-9-6-10-14-19)17-18-11-7-5-8-12-18/h6,9-10,13-14,18H,3-5,7-8,11-12,15-17H2,1-2H3. The Kier molecular flexibility index (Phi) is 8.20. The molecule has 0 aromatic heterocycles. The van der Waals surface area contributed by atoms with E-state index in [1.807, 2.05) is 0 Å². The third kappa shape index (κ3) is 5.86. The Morgan fingerprint density at radius 2 is 1.73 bits per heavy atom. The Hall–Kier alpha value is -0.643. The van der Waals surface area contributed by atoms with Crippen LogP contribution in [0.3, 0.4) is 0 Å². The summed E-state index contributed by atoms with van der Waals surface area (Å²) < 4.78 is 6.43. The number of likely N-dealkylation sites (N-methyl/N-ethyl adjacent to an activating group) is 1. The Balaban J connectivity index is 1.89. The summed E-state index contributed by atoms with van der Waals surface area (Å²) in [5.41, 5.74) is 0.